The van der Waals surface area contributed by atoms with Crippen molar-refractivity contribution in [2.45, 2.75) is 43.1 Å². The van der Waals surface area contributed by atoms with Gasteiger partial charge in [0.2, 0.25) is 11.1 Å². The summed E-state index contributed by atoms with van der Waals surface area (Å²) in [6.45, 7) is 1.98. The molecule has 0 radical (unpaired) electrons. The Morgan fingerprint density at radius 2 is 2.23 bits per heavy atom. The molecule has 9 heteroatoms. The summed E-state index contributed by atoms with van der Waals surface area (Å²) in [4.78, 5) is 16.8. The molecule has 1 fully saturated rings. The quantitative estimate of drug-likeness (QED) is 0.628. The van der Waals surface area contributed by atoms with Gasteiger partial charge in [0.1, 0.15) is 5.01 Å². The Morgan fingerprint density at radius 1 is 1.38 bits per heavy atom. The molecule has 0 spiro atoms. The van der Waals surface area contributed by atoms with Gasteiger partial charge < -0.3 is 5.32 Å². The van der Waals surface area contributed by atoms with Gasteiger partial charge in [0.05, 0.1) is 18.2 Å². The molecule has 4 rings (SSSR count). The van der Waals surface area contributed by atoms with Crippen molar-refractivity contribution >= 4 is 34.7 Å². The van der Waals surface area contributed by atoms with Gasteiger partial charge in [-0.3, -0.25) is 4.79 Å². The third kappa shape index (κ3) is 4.10. The summed E-state index contributed by atoms with van der Waals surface area (Å²) in [5.41, 5.74) is 2.84. The molecule has 7 nitrogen and oxygen atoms in total. The third-order valence-electron chi connectivity index (χ3n) is 4.03. The summed E-state index contributed by atoms with van der Waals surface area (Å²) in [6, 6.07) is 8.21. The molecule has 1 aromatic carbocycles. The number of benzene rings is 1. The Bertz CT molecular complexity index is 917. The summed E-state index contributed by atoms with van der Waals surface area (Å²) < 4.78 is 1.90. The van der Waals surface area contributed by atoms with Crippen LogP contribution in [0.3, 0.4) is 0 Å². The number of anilines is 1. The molecular weight excluding hydrogens is 368 g/mol. The van der Waals surface area contributed by atoms with Gasteiger partial charge in [0, 0.05) is 16.8 Å². The van der Waals surface area contributed by atoms with E-state index in [4.69, 9.17) is 0 Å². The van der Waals surface area contributed by atoms with E-state index >= 15 is 0 Å². The Morgan fingerprint density at radius 3 is 3.04 bits per heavy atom. The van der Waals surface area contributed by atoms with Crippen molar-refractivity contribution in [1.29, 1.82) is 0 Å². The second kappa shape index (κ2) is 7.55. The van der Waals surface area contributed by atoms with Crippen molar-refractivity contribution in [1.82, 2.24) is 25.2 Å². The number of carbonyl (C=O) groups is 1. The van der Waals surface area contributed by atoms with Crippen molar-refractivity contribution in [3.05, 3.63) is 45.9 Å². The maximum atomic E-state index is 12.2. The Kier molecular flexibility index (Phi) is 4.98. The Hall–Kier alpha value is -2.26. The fourth-order valence-electron chi connectivity index (χ4n) is 2.51. The lowest BCUT2D eigenvalue weighted by molar-refractivity contribution is -0.115. The number of hydrogen-bond acceptors (Lipinski definition) is 7. The molecular formula is C17H18N6OS2. The van der Waals surface area contributed by atoms with Crippen molar-refractivity contribution < 1.29 is 4.79 Å². The number of aromatic nitrogens is 5. The van der Waals surface area contributed by atoms with Crippen LogP contribution in [0.25, 0.3) is 0 Å². The first-order valence-electron chi connectivity index (χ1n) is 8.38. The highest BCUT2D eigenvalue weighted by molar-refractivity contribution is 7.98. The van der Waals surface area contributed by atoms with Gasteiger partial charge in [0.25, 0.3) is 0 Å². The van der Waals surface area contributed by atoms with Crippen LogP contribution in [0, 0.1) is 6.92 Å². The van der Waals surface area contributed by atoms with Crippen LogP contribution < -0.4 is 5.32 Å². The maximum absolute atomic E-state index is 12.2. The van der Waals surface area contributed by atoms with Crippen LogP contribution >= 0.6 is 23.1 Å². The molecule has 1 amide bonds. The number of para-hydroxylation sites is 1. The van der Waals surface area contributed by atoms with E-state index in [1.807, 2.05) is 41.3 Å². The van der Waals surface area contributed by atoms with Gasteiger partial charge >= 0.3 is 0 Å². The van der Waals surface area contributed by atoms with E-state index in [1.54, 1.807) is 11.8 Å². The number of nitrogens with zero attached hydrogens (tertiary/aromatic N) is 5. The molecule has 3 aromatic rings. The predicted octanol–water partition coefficient (Wildman–Crippen LogP) is 3.25. The summed E-state index contributed by atoms with van der Waals surface area (Å²) >= 11 is 3.09. The van der Waals surface area contributed by atoms with E-state index < -0.39 is 0 Å². The zero-order chi connectivity index (χ0) is 17.9. The minimum Gasteiger partial charge on any atom is -0.325 e. The lowest BCUT2D eigenvalue weighted by Crippen LogP contribution is -2.15. The lowest BCUT2D eigenvalue weighted by Gasteiger charge is -2.06. The normalized spacial score (nSPS) is 13.7. The van der Waals surface area contributed by atoms with Gasteiger partial charge in [-0.15, -0.1) is 16.4 Å². The van der Waals surface area contributed by atoms with Crippen LogP contribution in [0.1, 0.15) is 35.1 Å². The molecule has 0 atom stereocenters. The van der Waals surface area contributed by atoms with Gasteiger partial charge in [-0.1, -0.05) is 30.0 Å². The molecule has 1 aliphatic carbocycles. The summed E-state index contributed by atoms with van der Waals surface area (Å²) in [7, 11) is 0. The van der Waals surface area contributed by atoms with Crippen LogP contribution in [0.15, 0.2) is 34.8 Å². The number of rotatable bonds is 7. The number of nitrogens with one attached hydrogen (secondary N) is 1. The molecule has 2 aromatic heterocycles. The summed E-state index contributed by atoms with van der Waals surface area (Å²) in [5, 5.41) is 18.5. The van der Waals surface area contributed by atoms with E-state index in [9.17, 15) is 4.79 Å². The number of amides is 1. The van der Waals surface area contributed by atoms with Crippen molar-refractivity contribution in [3.8, 4) is 0 Å². The second-order valence-corrected chi connectivity index (χ2v) is 8.08. The fourth-order valence-corrected chi connectivity index (χ4v) is 4.24. The van der Waals surface area contributed by atoms with Crippen molar-refractivity contribution in [2.75, 3.05) is 5.32 Å². The summed E-state index contributed by atoms with van der Waals surface area (Å²) in [5.74, 6) is 0.647. The molecule has 1 aliphatic rings. The number of hydrogen-bond donors (Lipinski definition) is 1. The smallest absolute Gasteiger partial charge is 0.231 e. The lowest BCUT2D eigenvalue weighted by atomic mass is 10.2. The molecule has 0 unspecified atom stereocenters. The molecule has 134 valence electrons. The SMILES string of the molecule is Cc1ccccc1NC(=O)Cc1nc(CSc2nnnn2C2CC2)cs1. The van der Waals surface area contributed by atoms with Gasteiger partial charge in [0.15, 0.2) is 0 Å². The Balaban J connectivity index is 1.32. The standard InChI is InChI=1S/C17H18N6OS2/c1-11-4-2-3-5-14(11)19-15(24)8-16-18-12(9-25-16)10-26-17-20-21-22-23(17)13-6-7-13/h2-5,9,13H,6-8,10H2,1H3,(H,19,24). The molecule has 0 saturated heterocycles. The number of aryl methyl sites for hydroxylation is 1. The molecule has 0 bridgehead atoms. The first-order chi connectivity index (χ1) is 12.7. The summed E-state index contributed by atoms with van der Waals surface area (Å²) in [6.07, 6.45) is 2.58. The highest BCUT2D eigenvalue weighted by Gasteiger charge is 2.27. The maximum Gasteiger partial charge on any atom is 0.231 e. The van der Waals surface area contributed by atoms with E-state index in [-0.39, 0.29) is 12.3 Å². The molecule has 0 aliphatic heterocycles. The van der Waals surface area contributed by atoms with Gasteiger partial charge in [-0.2, -0.15) is 0 Å². The van der Waals surface area contributed by atoms with E-state index in [0.717, 1.165) is 40.0 Å². The number of tetrazole rings is 1. The minimum atomic E-state index is -0.0504. The zero-order valence-corrected chi connectivity index (χ0v) is 15.9. The molecule has 1 N–H and O–H groups in total. The van der Waals surface area contributed by atoms with E-state index in [0.29, 0.717) is 11.8 Å². The topological polar surface area (TPSA) is 85.6 Å². The third-order valence-corrected chi connectivity index (χ3v) is 5.90. The number of thioether (sulfide) groups is 1. The number of carbonyl (C=O) groups excluding carboxylic acids is 1. The van der Waals surface area contributed by atoms with Crippen LogP contribution in [0.4, 0.5) is 5.69 Å². The zero-order valence-electron chi connectivity index (χ0n) is 14.3. The highest BCUT2D eigenvalue weighted by atomic mass is 32.2. The fraction of sp³-hybridized carbons (Fsp3) is 0.353. The molecule has 26 heavy (non-hydrogen) atoms. The highest BCUT2D eigenvalue weighted by Crippen LogP contribution is 2.36. The van der Waals surface area contributed by atoms with Gasteiger partial charge in [-0.25, -0.2) is 9.67 Å². The van der Waals surface area contributed by atoms with E-state index in [2.05, 4.69) is 25.8 Å². The van der Waals surface area contributed by atoms with E-state index in [1.165, 1.54) is 11.3 Å². The van der Waals surface area contributed by atoms with Crippen molar-refractivity contribution in [2.24, 2.45) is 0 Å². The Labute approximate surface area is 159 Å². The van der Waals surface area contributed by atoms with Gasteiger partial charge in [-0.05, 0) is 41.8 Å². The average Bonchev–Trinajstić information content (AvgIpc) is 3.19. The van der Waals surface area contributed by atoms with Crippen LogP contribution in [0.2, 0.25) is 0 Å². The largest absolute Gasteiger partial charge is 0.325 e. The van der Waals surface area contributed by atoms with Crippen LogP contribution in [-0.2, 0) is 17.0 Å². The first kappa shape index (κ1) is 17.2. The van der Waals surface area contributed by atoms with Crippen molar-refractivity contribution in [3.63, 3.8) is 0 Å². The molecule has 2 heterocycles. The minimum absolute atomic E-state index is 0.0504. The van der Waals surface area contributed by atoms with Crippen LogP contribution in [-0.4, -0.2) is 31.1 Å². The van der Waals surface area contributed by atoms with Crippen LogP contribution in [0.5, 0.6) is 0 Å². The predicted molar refractivity (Wildman–Crippen MR) is 101 cm³/mol. The molecule has 1 saturated carbocycles. The second-order valence-electron chi connectivity index (χ2n) is 6.20. The first-order valence-corrected chi connectivity index (χ1v) is 10.2. The monoisotopic (exact) mass is 386 g/mol. The number of thiazole rings is 1. The average molecular weight is 387 g/mol.